The molecule has 7 heteroatoms. The zero-order chi connectivity index (χ0) is 16.3. The van der Waals surface area contributed by atoms with Crippen molar-refractivity contribution >= 4 is 22.9 Å². The molecule has 0 spiro atoms. The first kappa shape index (κ1) is 18.5. The number of furan rings is 1. The maximum atomic E-state index is 13.3. The molecule has 0 fully saturated rings. The van der Waals surface area contributed by atoms with Crippen molar-refractivity contribution in [2.75, 3.05) is 13.6 Å². The number of hydrogen-bond donors (Lipinski definition) is 3. The Morgan fingerprint density at radius 3 is 2.92 bits per heavy atom. The van der Waals surface area contributed by atoms with Crippen LogP contribution in [0.2, 0.25) is 0 Å². The minimum atomic E-state index is -1.01. The van der Waals surface area contributed by atoms with E-state index in [2.05, 4.69) is 15.6 Å². The van der Waals surface area contributed by atoms with Gasteiger partial charge < -0.3 is 20.2 Å². The van der Waals surface area contributed by atoms with Crippen molar-refractivity contribution in [3.8, 4) is 0 Å². The van der Waals surface area contributed by atoms with Crippen molar-refractivity contribution in [1.29, 1.82) is 0 Å². The van der Waals surface area contributed by atoms with Gasteiger partial charge in [-0.05, 0) is 48.2 Å². The summed E-state index contributed by atoms with van der Waals surface area (Å²) in [4.78, 5) is 4.13. The standard InChI is InChI=1S/C17H20FN3O2.BrH/c1-19-16(20-10-14-3-2-8-23-14)21-11-17(22)7-6-12-9-13(18)4-5-15(12)17;/h2-5,8-9,22H,6-7,10-11H2,1H3,(H2,19,20,21);1H. The second kappa shape index (κ2) is 7.81. The summed E-state index contributed by atoms with van der Waals surface area (Å²) in [5, 5.41) is 17.1. The first-order valence-electron chi connectivity index (χ1n) is 7.59. The molecular weight excluding hydrogens is 377 g/mol. The van der Waals surface area contributed by atoms with Gasteiger partial charge in [0, 0.05) is 7.05 Å². The second-order valence-electron chi connectivity index (χ2n) is 5.69. The van der Waals surface area contributed by atoms with E-state index in [9.17, 15) is 9.50 Å². The van der Waals surface area contributed by atoms with Gasteiger partial charge in [-0.25, -0.2) is 4.39 Å². The van der Waals surface area contributed by atoms with Gasteiger partial charge >= 0.3 is 0 Å². The van der Waals surface area contributed by atoms with Crippen molar-refractivity contribution in [2.24, 2.45) is 4.99 Å². The smallest absolute Gasteiger partial charge is 0.191 e. The molecule has 1 unspecified atom stereocenters. The van der Waals surface area contributed by atoms with Gasteiger partial charge in [-0.1, -0.05) is 6.07 Å². The van der Waals surface area contributed by atoms with Gasteiger partial charge in [0.15, 0.2) is 5.96 Å². The second-order valence-corrected chi connectivity index (χ2v) is 5.69. The summed E-state index contributed by atoms with van der Waals surface area (Å²) in [5.74, 6) is 1.11. The van der Waals surface area contributed by atoms with Crippen LogP contribution in [0.5, 0.6) is 0 Å². The zero-order valence-electron chi connectivity index (χ0n) is 13.4. The molecule has 1 aliphatic rings. The molecule has 1 heterocycles. The predicted molar refractivity (Wildman–Crippen MR) is 95.8 cm³/mol. The summed E-state index contributed by atoms with van der Waals surface area (Å²) in [5.41, 5.74) is 0.645. The van der Waals surface area contributed by atoms with Gasteiger partial charge in [-0.2, -0.15) is 0 Å². The Morgan fingerprint density at radius 2 is 2.21 bits per heavy atom. The van der Waals surface area contributed by atoms with Crippen molar-refractivity contribution in [1.82, 2.24) is 10.6 Å². The fourth-order valence-corrected chi connectivity index (χ4v) is 2.92. The molecule has 0 bridgehead atoms. The Morgan fingerprint density at radius 1 is 1.38 bits per heavy atom. The third kappa shape index (κ3) is 3.96. The summed E-state index contributed by atoms with van der Waals surface area (Å²) in [6.45, 7) is 0.816. The average Bonchev–Trinajstić information content (AvgIpc) is 3.16. The summed E-state index contributed by atoms with van der Waals surface area (Å²) in [6, 6.07) is 8.24. The number of aliphatic imine (C=N–C) groups is 1. The Balaban J connectivity index is 0.00000208. The molecule has 0 amide bonds. The first-order valence-corrected chi connectivity index (χ1v) is 7.59. The van der Waals surface area contributed by atoms with E-state index in [1.54, 1.807) is 19.4 Å². The lowest BCUT2D eigenvalue weighted by Crippen LogP contribution is -2.44. The van der Waals surface area contributed by atoms with Crippen LogP contribution in [-0.2, 0) is 18.6 Å². The van der Waals surface area contributed by atoms with E-state index in [-0.39, 0.29) is 22.8 Å². The number of benzene rings is 1. The monoisotopic (exact) mass is 397 g/mol. The zero-order valence-corrected chi connectivity index (χ0v) is 15.1. The van der Waals surface area contributed by atoms with Crippen LogP contribution in [0.3, 0.4) is 0 Å². The molecule has 0 saturated carbocycles. The van der Waals surface area contributed by atoms with E-state index in [0.29, 0.717) is 31.9 Å². The van der Waals surface area contributed by atoms with E-state index in [1.807, 2.05) is 12.1 Å². The molecule has 1 aliphatic carbocycles. The minimum Gasteiger partial charge on any atom is -0.467 e. The lowest BCUT2D eigenvalue weighted by molar-refractivity contribution is 0.0432. The molecule has 130 valence electrons. The first-order chi connectivity index (χ1) is 11.1. The number of rotatable bonds is 4. The summed E-state index contributed by atoms with van der Waals surface area (Å²) >= 11 is 0. The highest BCUT2D eigenvalue weighted by Gasteiger charge is 2.36. The number of aliphatic hydroxyl groups is 1. The third-order valence-corrected chi connectivity index (χ3v) is 4.16. The molecule has 2 aromatic rings. The molecule has 0 aliphatic heterocycles. The van der Waals surface area contributed by atoms with Crippen LogP contribution in [0.25, 0.3) is 0 Å². The maximum Gasteiger partial charge on any atom is 0.191 e. The molecular formula is C17H21BrFN3O2. The summed E-state index contributed by atoms with van der Waals surface area (Å²) in [6.07, 6.45) is 2.85. The number of nitrogens with one attached hydrogen (secondary N) is 2. The highest BCUT2D eigenvalue weighted by atomic mass is 79.9. The fraction of sp³-hybridized carbons (Fsp3) is 0.353. The van der Waals surface area contributed by atoms with Crippen molar-refractivity contribution in [3.63, 3.8) is 0 Å². The Bertz CT molecular complexity index is 706. The number of aryl methyl sites for hydroxylation is 1. The summed E-state index contributed by atoms with van der Waals surface area (Å²) in [7, 11) is 1.67. The summed E-state index contributed by atoms with van der Waals surface area (Å²) < 4.78 is 18.5. The van der Waals surface area contributed by atoms with Crippen LogP contribution in [-0.4, -0.2) is 24.7 Å². The molecule has 1 atom stereocenters. The highest BCUT2D eigenvalue weighted by molar-refractivity contribution is 8.93. The Labute approximate surface area is 150 Å². The average molecular weight is 398 g/mol. The fourth-order valence-electron chi connectivity index (χ4n) is 2.92. The quantitative estimate of drug-likeness (QED) is 0.547. The van der Waals surface area contributed by atoms with Gasteiger partial charge in [0.05, 0.1) is 19.4 Å². The van der Waals surface area contributed by atoms with Gasteiger partial charge in [0.1, 0.15) is 17.2 Å². The lowest BCUT2D eigenvalue weighted by Gasteiger charge is -2.25. The van der Waals surface area contributed by atoms with Crippen LogP contribution >= 0.6 is 17.0 Å². The van der Waals surface area contributed by atoms with E-state index >= 15 is 0 Å². The normalized spacial score (nSPS) is 19.5. The number of hydrogen-bond acceptors (Lipinski definition) is 3. The van der Waals surface area contributed by atoms with E-state index < -0.39 is 5.60 Å². The number of guanidine groups is 1. The maximum absolute atomic E-state index is 13.3. The van der Waals surface area contributed by atoms with Crippen LogP contribution in [0.15, 0.2) is 46.0 Å². The van der Waals surface area contributed by atoms with Crippen LogP contribution in [0.4, 0.5) is 4.39 Å². The molecule has 5 nitrogen and oxygen atoms in total. The molecule has 24 heavy (non-hydrogen) atoms. The minimum absolute atomic E-state index is 0. The number of halogens is 2. The van der Waals surface area contributed by atoms with Crippen molar-refractivity contribution < 1.29 is 13.9 Å². The van der Waals surface area contributed by atoms with E-state index in [4.69, 9.17) is 4.42 Å². The SMILES string of the molecule is Br.CN=C(NCc1ccco1)NCC1(O)CCc2cc(F)ccc21. The van der Waals surface area contributed by atoms with Crippen LogP contribution in [0, 0.1) is 5.82 Å². The van der Waals surface area contributed by atoms with Gasteiger partial charge in [-0.15, -0.1) is 17.0 Å². The van der Waals surface area contributed by atoms with Gasteiger partial charge in [0.2, 0.25) is 0 Å². The third-order valence-electron chi connectivity index (χ3n) is 4.16. The largest absolute Gasteiger partial charge is 0.467 e. The number of nitrogens with zero attached hydrogens (tertiary/aromatic N) is 1. The molecule has 0 radical (unpaired) electrons. The highest BCUT2D eigenvalue weighted by Crippen LogP contribution is 2.36. The van der Waals surface area contributed by atoms with Gasteiger partial charge in [-0.3, -0.25) is 4.99 Å². The molecule has 3 N–H and O–H groups in total. The number of fused-ring (bicyclic) bond motifs is 1. The predicted octanol–water partition coefficient (Wildman–Crippen LogP) is 2.50. The molecule has 1 aromatic heterocycles. The van der Waals surface area contributed by atoms with Crippen molar-refractivity contribution in [2.45, 2.75) is 25.0 Å². The Hall–Kier alpha value is -1.86. The van der Waals surface area contributed by atoms with E-state index in [1.165, 1.54) is 12.1 Å². The topological polar surface area (TPSA) is 69.8 Å². The van der Waals surface area contributed by atoms with E-state index in [0.717, 1.165) is 16.9 Å². The molecule has 0 saturated heterocycles. The van der Waals surface area contributed by atoms with Crippen LogP contribution < -0.4 is 10.6 Å². The molecule has 1 aromatic carbocycles. The van der Waals surface area contributed by atoms with Crippen molar-refractivity contribution in [3.05, 3.63) is 59.3 Å². The van der Waals surface area contributed by atoms with Crippen LogP contribution in [0.1, 0.15) is 23.3 Å². The lowest BCUT2D eigenvalue weighted by atomic mass is 9.96. The van der Waals surface area contributed by atoms with Gasteiger partial charge in [0.25, 0.3) is 0 Å². The molecule has 3 rings (SSSR count). The Kier molecular flexibility index (Phi) is 6.01.